The van der Waals surface area contributed by atoms with Crippen molar-refractivity contribution in [2.45, 2.75) is 13.0 Å². The maximum atomic E-state index is 13.2. The number of nitrogens with zero attached hydrogens (tertiary/aromatic N) is 2. The summed E-state index contributed by atoms with van der Waals surface area (Å²) < 4.78 is 26.2. The number of aliphatic hydroxyl groups is 1. The van der Waals surface area contributed by atoms with Gasteiger partial charge in [-0.05, 0) is 24.6 Å². The predicted octanol–water partition coefficient (Wildman–Crippen LogP) is 1.16. The van der Waals surface area contributed by atoms with Gasteiger partial charge in [0.2, 0.25) is 5.91 Å². The van der Waals surface area contributed by atoms with Crippen LogP contribution in [0.25, 0.3) is 0 Å². The lowest BCUT2D eigenvalue weighted by atomic mass is 10.1. The molecule has 1 heterocycles. The van der Waals surface area contributed by atoms with Crippen molar-refractivity contribution >= 4 is 5.91 Å². The summed E-state index contributed by atoms with van der Waals surface area (Å²) in [6.07, 6.45) is 0. The highest BCUT2D eigenvalue weighted by atomic mass is 19.2. The number of carbonyl (C=O) groups is 1. The Hall–Kier alpha value is -1.53. The van der Waals surface area contributed by atoms with Gasteiger partial charge in [-0.2, -0.15) is 0 Å². The lowest BCUT2D eigenvalue weighted by Gasteiger charge is -2.37. The van der Waals surface area contributed by atoms with E-state index in [0.29, 0.717) is 25.2 Å². The predicted molar refractivity (Wildman–Crippen MR) is 70.0 cm³/mol. The third kappa shape index (κ3) is 3.13. The number of halogens is 2. The molecule has 1 saturated heterocycles. The second-order valence-electron chi connectivity index (χ2n) is 4.92. The Kier molecular flexibility index (Phi) is 4.67. The van der Waals surface area contributed by atoms with E-state index < -0.39 is 11.6 Å². The molecule has 1 aliphatic rings. The zero-order valence-electron chi connectivity index (χ0n) is 11.4. The number of β-amino-alcohol motifs (C(OH)–C–C–N with tert-alkyl or cyclic N) is 1. The number of carbonyl (C=O) groups excluding carboxylic acids is 1. The van der Waals surface area contributed by atoms with Gasteiger partial charge in [0.15, 0.2) is 11.6 Å². The number of benzene rings is 1. The molecule has 20 heavy (non-hydrogen) atoms. The third-order valence-electron chi connectivity index (χ3n) is 3.69. The number of hydrogen-bond donors (Lipinski definition) is 1. The largest absolute Gasteiger partial charge is 0.395 e. The van der Waals surface area contributed by atoms with Crippen LogP contribution in [-0.4, -0.2) is 53.6 Å². The summed E-state index contributed by atoms with van der Waals surface area (Å²) in [5.74, 6) is -1.80. The summed E-state index contributed by atoms with van der Waals surface area (Å²) in [6, 6.07) is 3.65. The van der Waals surface area contributed by atoms with Crippen LogP contribution >= 0.6 is 0 Å². The van der Waals surface area contributed by atoms with E-state index >= 15 is 0 Å². The van der Waals surface area contributed by atoms with Crippen LogP contribution in [0, 0.1) is 11.6 Å². The zero-order valence-corrected chi connectivity index (χ0v) is 11.4. The summed E-state index contributed by atoms with van der Waals surface area (Å²) in [7, 11) is 0. The van der Waals surface area contributed by atoms with Crippen LogP contribution in [0.3, 0.4) is 0 Å². The fourth-order valence-corrected chi connectivity index (χ4v) is 2.40. The second kappa shape index (κ2) is 6.28. The number of hydrogen-bond acceptors (Lipinski definition) is 3. The topological polar surface area (TPSA) is 43.8 Å². The van der Waals surface area contributed by atoms with E-state index in [9.17, 15) is 13.6 Å². The van der Waals surface area contributed by atoms with E-state index in [1.807, 2.05) is 11.8 Å². The lowest BCUT2D eigenvalue weighted by molar-refractivity contribution is -0.137. The van der Waals surface area contributed by atoms with E-state index in [-0.39, 0.29) is 25.1 Å². The SMILES string of the molecule is CC(c1ccc(F)c(F)c1)N1CCN(CCO)C(=O)C1. The molecule has 1 atom stereocenters. The molecule has 0 bridgehead atoms. The molecule has 1 amide bonds. The maximum Gasteiger partial charge on any atom is 0.236 e. The van der Waals surface area contributed by atoms with Gasteiger partial charge < -0.3 is 10.0 Å². The van der Waals surface area contributed by atoms with Gasteiger partial charge in [-0.25, -0.2) is 8.78 Å². The molecule has 1 N–H and O–H groups in total. The molecule has 1 unspecified atom stereocenters. The fourth-order valence-electron chi connectivity index (χ4n) is 2.40. The first kappa shape index (κ1) is 14.9. The van der Waals surface area contributed by atoms with Crippen LogP contribution in [0.4, 0.5) is 8.78 Å². The van der Waals surface area contributed by atoms with Gasteiger partial charge in [0.25, 0.3) is 0 Å². The molecule has 6 heteroatoms. The minimum Gasteiger partial charge on any atom is -0.395 e. The third-order valence-corrected chi connectivity index (χ3v) is 3.69. The van der Waals surface area contributed by atoms with Crippen LogP contribution in [0.1, 0.15) is 18.5 Å². The Morgan fingerprint density at radius 3 is 2.65 bits per heavy atom. The number of aliphatic hydroxyl groups excluding tert-OH is 1. The van der Waals surface area contributed by atoms with Crippen LogP contribution in [-0.2, 0) is 4.79 Å². The van der Waals surface area contributed by atoms with Crippen LogP contribution in [0.5, 0.6) is 0 Å². The number of amides is 1. The average molecular weight is 284 g/mol. The monoisotopic (exact) mass is 284 g/mol. The van der Waals surface area contributed by atoms with Crippen molar-refractivity contribution in [3.63, 3.8) is 0 Å². The summed E-state index contributed by atoms with van der Waals surface area (Å²) in [4.78, 5) is 15.4. The Morgan fingerprint density at radius 2 is 2.05 bits per heavy atom. The average Bonchev–Trinajstić information content (AvgIpc) is 2.43. The second-order valence-corrected chi connectivity index (χ2v) is 4.92. The van der Waals surface area contributed by atoms with E-state index in [0.717, 1.165) is 6.07 Å². The zero-order chi connectivity index (χ0) is 14.7. The first-order valence-electron chi connectivity index (χ1n) is 6.60. The smallest absolute Gasteiger partial charge is 0.236 e. The van der Waals surface area contributed by atoms with Gasteiger partial charge in [0, 0.05) is 25.7 Å². The molecule has 110 valence electrons. The Morgan fingerprint density at radius 1 is 1.30 bits per heavy atom. The number of rotatable bonds is 4. The van der Waals surface area contributed by atoms with Gasteiger partial charge in [-0.15, -0.1) is 0 Å². The molecule has 1 aromatic rings. The molecule has 0 aliphatic carbocycles. The van der Waals surface area contributed by atoms with Gasteiger partial charge in [0.1, 0.15) is 0 Å². The van der Waals surface area contributed by atoms with E-state index in [1.54, 1.807) is 4.90 Å². The molecule has 0 spiro atoms. The molecule has 4 nitrogen and oxygen atoms in total. The van der Waals surface area contributed by atoms with E-state index in [4.69, 9.17) is 5.11 Å². The van der Waals surface area contributed by atoms with Gasteiger partial charge in [-0.3, -0.25) is 9.69 Å². The first-order valence-corrected chi connectivity index (χ1v) is 6.60. The molecule has 1 aromatic carbocycles. The van der Waals surface area contributed by atoms with Gasteiger partial charge in [0.05, 0.1) is 13.2 Å². The standard InChI is InChI=1S/C14H18F2N2O2/c1-10(11-2-3-12(15)13(16)8-11)18-5-4-17(6-7-19)14(20)9-18/h2-3,8,10,19H,4-7,9H2,1H3. The van der Waals surface area contributed by atoms with Crippen LogP contribution in [0.15, 0.2) is 18.2 Å². The van der Waals surface area contributed by atoms with Crippen LogP contribution < -0.4 is 0 Å². The molecule has 1 aliphatic heterocycles. The van der Waals surface area contributed by atoms with Crippen molar-refractivity contribution in [1.82, 2.24) is 9.80 Å². The Bertz CT molecular complexity index is 496. The van der Waals surface area contributed by atoms with Crippen molar-refractivity contribution in [2.75, 3.05) is 32.8 Å². The van der Waals surface area contributed by atoms with Crippen molar-refractivity contribution in [2.24, 2.45) is 0 Å². The lowest BCUT2D eigenvalue weighted by Crippen LogP contribution is -2.51. The summed E-state index contributed by atoms with van der Waals surface area (Å²) in [5, 5.41) is 8.86. The normalized spacial score (nSPS) is 18.4. The molecular formula is C14H18F2N2O2. The Balaban J connectivity index is 2.05. The highest BCUT2D eigenvalue weighted by Gasteiger charge is 2.27. The van der Waals surface area contributed by atoms with Crippen molar-refractivity contribution in [3.05, 3.63) is 35.4 Å². The first-order chi connectivity index (χ1) is 9.52. The number of piperazine rings is 1. The van der Waals surface area contributed by atoms with Crippen LogP contribution in [0.2, 0.25) is 0 Å². The molecule has 0 saturated carbocycles. The maximum absolute atomic E-state index is 13.2. The minimum atomic E-state index is -0.875. The Labute approximate surface area is 116 Å². The fraction of sp³-hybridized carbons (Fsp3) is 0.500. The summed E-state index contributed by atoms with van der Waals surface area (Å²) in [5.41, 5.74) is 0.646. The molecule has 0 radical (unpaired) electrons. The highest BCUT2D eigenvalue weighted by Crippen LogP contribution is 2.23. The van der Waals surface area contributed by atoms with E-state index in [1.165, 1.54) is 12.1 Å². The molecule has 1 fully saturated rings. The highest BCUT2D eigenvalue weighted by molar-refractivity contribution is 5.79. The molecule has 2 rings (SSSR count). The quantitative estimate of drug-likeness (QED) is 0.902. The van der Waals surface area contributed by atoms with Gasteiger partial charge >= 0.3 is 0 Å². The van der Waals surface area contributed by atoms with Gasteiger partial charge in [-0.1, -0.05) is 6.07 Å². The van der Waals surface area contributed by atoms with E-state index in [2.05, 4.69) is 0 Å². The molecule has 0 aromatic heterocycles. The van der Waals surface area contributed by atoms with Crippen molar-refractivity contribution < 1.29 is 18.7 Å². The van der Waals surface area contributed by atoms with Crippen molar-refractivity contribution in [1.29, 1.82) is 0 Å². The van der Waals surface area contributed by atoms with Crippen molar-refractivity contribution in [3.8, 4) is 0 Å². The summed E-state index contributed by atoms with van der Waals surface area (Å²) in [6.45, 7) is 3.55. The summed E-state index contributed by atoms with van der Waals surface area (Å²) >= 11 is 0. The minimum absolute atomic E-state index is 0.0511. The molecular weight excluding hydrogens is 266 g/mol.